The Hall–Kier alpha value is -1.83. The zero-order chi connectivity index (χ0) is 15.8. The van der Waals surface area contributed by atoms with E-state index in [0.29, 0.717) is 5.95 Å². The van der Waals surface area contributed by atoms with Crippen LogP contribution in [0, 0.1) is 6.92 Å². The van der Waals surface area contributed by atoms with Crippen molar-refractivity contribution >= 4 is 60.5 Å². The van der Waals surface area contributed by atoms with Crippen LogP contribution in [0.5, 0.6) is 0 Å². The molecule has 1 N–H and O–H groups in total. The molecule has 7 heteroatoms. The Morgan fingerprint density at radius 3 is 2.78 bits per heavy atom. The third kappa shape index (κ3) is 3.12. The van der Waals surface area contributed by atoms with Crippen LogP contribution in [-0.4, -0.2) is 15.0 Å². The van der Waals surface area contributed by atoms with Crippen molar-refractivity contribution < 1.29 is 0 Å². The second-order valence-corrected chi connectivity index (χ2v) is 8.61. The van der Waals surface area contributed by atoms with Gasteiger partial charge in [0.15, 0.2) is 0 Å². The Balaban J connectivity index is 1.64. The van der Waals surface area contributed by atoms with E-state index in [2.05, 4.69) is 42.3 Å². The highest BCUT2D eigenvalue weighted by atomic mass is 79.9. The first-order chi connectivity index (χ1) is 11.2. The maximum atomic E-state index is 4.59. The van der Waals surface area contributed by atoms with E-state index in [4.69, 9.17) is 0 Å². The molecule has 0 bridgehead atoms. The molecule has 4 rings (SSSR count). The van der Waals surface area contributed by atoms with Gasteiger partial charge in [-0.15, -0.1) is 22.7 Å². The maximum Gasteiger partial charge on any atom is 0.227 e. The third-order valence-electron chi connectivity index (χ3n) is 3.23. The zero-order valence-electron chi connectivity index (χ0n) is 12.1. The van der Waals surface area contributed by atoms with Crippen LogP contribution >= 0.6 is 38.6 Å². The summed E-state index contributed by atoms with van der Waals surface area (Å²) < 4.78 is 2.27. The van der Waals surface area contributed by atoms with Crippen molar-refractivity contribution in [3.8, 4) is 10.6 Å². The van der Waals surface area contributed by atoms with Crippen molar-refractivity contribution in [3.05, 3.63) is 51.4 Å². The van der Waals surface area contributed by atoms with Gasteiger partial charge in [0.1, 0.15) is 0 Å². The lowest BCUT2D eigenvalue weighted by molar-refractivity contribution is 1.17. The predicted octanol–water partition coefficient (Wildman–Crippen LogP) is 5.63. The predicted molar refractivity (Wildman–Crippen MR) is 101 cm³/mol. The number of aromatic nitrogens is 3. The molecule has 0 fully saturated rings. The van der Waals surface area contributed by atoms with Crippen molar-refractivity contribution in [3.63, 3.8) is 0 Å². The first-order valence-electron chi connectivity index (χ1n) is 6.90. The van der Waals surface area contributed by atoms with E-state index in [1.54, 1.807) is 28.9 Å². The number of aryl methyl sites for hydroxylation is 1. The molecule has 0 saturated heterocycles. The van der Waals surface area contributed by atoms with Crippen molar-refractivity contribution in [2.45, 2.75) is 6.92 Å². The summed E-state index contributed by atoms with van der Waals surface area (Å²) in [5.74, 6) is 0.582. The summed E-state index contributed by atoms with van der Waals surface area (Å²) >= 11 is 6.83. The van der Waals surface area contributed by atoms with Crippen LogP contribution in [0.4, 0.5) is 11.6 Å². The molecule has 3 heterocycles. The average Bonchev–Trinajstić information content (AvgIpc) is 3.12. The summed E-state index contributed by atoms with van der Waals surface area (Å²) in [5.41, 5.74) is 2.84. The van der Waals surface area contributed by atoms with E-state index >= 15 is 0 Å². The van der Waals surface area contributed by atoms with Crippen LogP contribution in [0.25, 0.3) is 20.8 Å². The average molecular weight is 403 g/mol. The molecule has 0 atom stereocenters. The molecule has 3 aromatic heterocycles. The van der Waals surface area contributed by atoms with Gasteiger partial charge in [0.25, 0.3) is 0 Å². The highest BCUT2D eigenvalue weighted by Crippen LogP contribution is 2.31. The number of nitrogens with zero attached hydrogens (tertiary/aromatic N) is 3. The lowest BCUT2D eigenvalue weighted by Crippen LogP contribution is -1.97. The largest absolute Gasteiger partial charge is 0.324 e. The summed E-state index contributed by atoms with van der Waals surface area (Å²) in [6, 6.07) is 12.1. The number of fused-ring (bicyclic) bond motifs is 1. The number of rotatable bonds is 3. The molecule has 114 valence electrons. The van der Waals surface area contributed by atoms with Crippen LogP contribution < -0.4 is 5.32 Å². The smallest absolute Gasteiger partial charge is 0.227 e. The first kappa shape index (κ1) is 14.7. The van der Waals surface area contributed by atoms with Gasteiger partial charge in [0, 0.05) is 11.9 Å². The van der Waals surface area contributed by atoms with Gasteiger partial charge in [-0.25, -0.2) is 15.0 Å². The van der Waals surface area contributed by atoms with Gasteiger partial charge in [0.2, 0.25) is 5.95 Å². The number of anilines is 2. The topological polar surface area (TPSA) is 50.7 Å². The summed E-state index contributed by atoms with van der Waals surface area (Å²) in [6.07, 6.45) is 1.77. The minimum absolute atomic E-state index is 0.582. The number of thiophene rings is 1. The summed E-state index contributed by atoms with van der Waals surface area (Å²) in [7, 11) is 0. The Labute approximate surface area is 149 Å². The Morgan fingerprint density at radius 1 is 1.04 bits per heavy atom. The second kappa shape index (κ2) is 5.99. The van der Waals surface area contributed by atoms with Crippen LogP contribution in [0.3, 0.4) is 0 Å². The standard InChI is InChI=1S/C16H11BrN4S2/c1-9-19-12-8-10(2-3-14(12)22-9)20-16-18-7-6-11(21-16)13-4-5-15(17)23-13/h2-8H,1H3,(H,18,20,21). The zero-order valence-corrected chi connectivity index (χ0v) is 15.3. The number of nitrogens with one attached hydrogen (secondary N) is 1. The van der Waals surface area contributed by atoms with Crippen LogP contribution in [0.2, 0.25) is 0 Å². The maximum absolute atomic E-state index is 4.59. The Morgan fingerprint density at radius 2 is 1.96 bits per heavy atom. The fourth-order valence-electron chi connectivity index (χ4n) is 2.26. The number of hydrogen-bond donors (Lipinski definition) is 1. The van der Waals surface area contributed by atoms with Gasteiger partial charge in [-0.3, -0.25) is 0 Å². The van der Waals surface area contributed by atoms with Gasteiger partial charge in [-0.05, 0) is 59.3 Å². The van der Waals surface area contributed by atoms with E-state index in [-0.39, 0.29) is 0 Å². The van der Waals surface area contributed by atoms with Gasteiger partial charge < -0.3 is 5.32 Å². The SMILES string of the molecule is Cc1nc2cc(Nc3nccc(-c4ccc(Br)s4)n3)ccc2s1. The molecule has 4 aromatic rings. The minimum Gasteiger partial charge on any atom is -0.324 e. The molecule has 1 aromatic carbocycles. The van der Waals surface area contributed by atoms with Crippen LogP contribution in [0.1, 0.15) is 5.01 Å². The first-order valence-corrected chi connectivity index (χ1v) is 9.33. The van der Waals surface area contributed by atoms with Gasteiger partial charge in [-0.1, -0.05) is 0 Å². The molecular formula is C16H11BrN4S2. The highest BCUT2D eigenvalue weighted by molar-refractivity contribution is 9.11. The molecule has 0 aliphatic carbocycles. The van der Waals surface area contributed by atoms with Crippen molar-refractivity contribution in [2.24, 2.45) is 0 Å². The van der Waals surface area contributed by atoms with Crippen LogP contribution in [0.15, 0.2) is 46.4 Å². The van der Waals surface area contributed by atoms with Crippen molar-refractivity contribution in [1.29, 1.82) is 0 Å². The quantitative estimate of drug-likeness (QED) is 0.482. The fraction of sp³-hybridized carbons (Fsp3) is 0.0625. The van der Waals surface area contributed by atoms with Crippen molar-refractivity contribution in [2.75, 3.05) is 5.32 Å². The van der Waals surface area contributed by atoms with E-state index < -0.39 is 0 Å². The molecule has 0 aliphatic heterocycles. The number of hydrogen-bond acceptors (Lipinski definition) is 6. The molecule has 0 spiro atoms. The molecule has 0 aliphatic rings. The third-order valence-corrected chi connectivity index (χ3v) is 5.83. The van der Waals surface area contributed by atoms with Gasteiger partial charge in [0.05, 0.1) is 29.6 Å². The monoisotopic (exact) mass is 402 g/mol. The molecule has 0 unspecified atom stereocenters. The molecule has 0 radical (unpaired) electrons. The second-order valence-electron chi connectivity index (χ2n) is 4.91. The van der Waals surface area contributed by atoms with Gasteiger partial charge in [-0.2, -0.15) is 0 Å². The Kier molecular flexibility index (Phi) is 3.84. The van der Waals surface area contributed by atoms with E-state index in [0.717, 1.165) is 30.6 Å². The van der Waals surface area contributed by atoms with E-state index in [9.17, 15) is 0 Å². The number of benzene rings is 1. The highest BCUT2D eigenvalue weighted by Gasteiger charge is 2.07. The fourth-order valence-corrected chi connectivity index (χ4v) is 4.42. The number of thiazole rings is 1. The normalized spacial score (nSPS) is 11.0. The summed E-state index contributed by atoms with van der Waals surface area (Å²) in [5, 5.41) is 4.33. The minimum atomic E-state index is 0.582. The summed E-state index contributed by atoms with van der Waals surface area (Å²) in [4.78, 5) is 14.5. The molecular weight excluding hydrogens is 392 g/mol. The molecule has 4 nitrogen and oxygen atoms in total. The lowest BCUT2D eigenvalue weighted by atomic mass is 10.3. The van der Waals surface area contributed by atoms with E-state index in [1.807, 2.05) is 37.3 Å². The summed E-state index contributed by atoms with van der Waals surface area (Å²) in [6.45, 7) is 2.02. The van der Waals surface area contributed by atoms with Crippen molar-refractivity contribution in [1.82, 2.24) is 15.0 Å². The molecule has 0 amide bonds. The molecule has 23 heavy (non-hydrogen) atoms. The van der Waals surface area contributed by atoms with Crippen LogP contribution in [-0.2, 0) is 0 Å². The molecule has 0 saturated carbocycles. The lowest BCUT2D eigenvalue weighted by Gasteiger charge is -2.05. The number of halogens is 1. The Bertz CT molecular complexity index is 993. The van der Waals surface area contributed by atoms with Gasteiger partial charge >= 0.3 is 0 Å². The van der Waals surface area contributed by atoms with E-state index in [1.165, 1.54) is 4.70 Å².